The molecule has 0 aromatic heterocycles. The van der Waals surface area contributed by atoms with E-state index in [0.29, 0.717) is 19.4 Å². The second-order valence-electron chi connectivity index (χ2n) is 8.74. The third kappa shape index (κ3) is 3.28. The van der Waals surface area contributed by atoms with Gasteiger partial charge in [0.1, 0.15) is 0 Å². The number of carbonyl (C=O) groups is 3. The van der Waals surface area contributed by atoms with Crippen LogP contribution in [-0.4, -0.2) is 29.2 Å². The Morgan fingerprint density at radius 1 is 1.22 bits per heavy atom. The van der Waals surface area contributed by atoms with Crippen molar-refractivity contribution in [2.75, 3.05) is 6.54 Å². The Hall–Kier alpha value is -2.17. The smallest absolute Gasteiger partial charge is 0.235 e. The topological polar surface area (TPSA) is 66.5 Å². The third-order valence-corrected chi connectivity index (χ3v) is 6.97. The Labute approximate surface area is 161 Å². The summed E-state index contributed by atoms with van der Waals surface area (Å²) < 4.78 is 0. The van der Waals surface area contributed by atoms with Crippen molar-refractivity contribution in [2.45, 2.75) is 59.4 Å². The Kier molecular flexibility index (Phi) is 5.15. The minimum Gasteiger partial charge on any atom is -0.350 e. The minimum absolute atomic E-state index is 0.0574. The minimum atomic E-state index is -0.477. The predicted molar refractivity (Wildman–Crippen MR) is 104 cm³/mol. The van der Waals surface area contributed by atoms with Crippen molar-refractivity contribution in [3.8, 4) is 0 Å². The molecule has 0 radical (unpaired) electrons. The van der Waals surface area contributed by atoms with E-state index < -0.39 is 5.41 Å². The fourth-order valence-electron chi connectivity index (χ4n) is 4.65. The van der Waals surface area contributed by atoms with Crippen LogP contribution in [-0.2, 0) is 14.4 Å². The van der Waals surface area contributed by atoms with Crippen molar-refractivity contribution in [2.24, 2.45) is 16.7 Å². The molecule has 146 valence electrons. The van der Waals surface area contributed by atoms with Crippen molar-refractivity contribution in [3.05, 3.63) is 35.9 Å². The van der Waals surface area contributed by atoms with E-state index in [4.69, 9.17) is 0 Å². The SMILES string of the molecule is CC(NC(=O)CCCN1C(=O)C2CCC(C)(C1=O)C2(C)C)c1ccccc1. The van der Waals surface area contributed by atoms with Gasteiger partial charge in [-0.25, -0.2) is 0 Å². The van der Waals surface area contributed by atoms with Gasteiger partial charge < -0.3 is 5.32 Å². The fraction of sp³-hybridized carbons (Fsp3) is 0.591. The summed E-state index contributed by atoms with van der Waals surface area (Å²) in [7, 11) is 0. The lowest BCUT2D eigenvalue weighted by Gasteiger charge is -2.47. The first-order chi connectivity index (χ1) is 12.7. The first-order valence-electron chi connectivity index (χ1n) is 9.88. The number of nitrogens with zero attached hydrogens (tertiary/aromatic N) is 1. The van der Waals surface area contributed by atoms with E-state index in [1.807, 2.05) is 58.0 Å². The zero-order chi connectivity index (χ0) is 19.8. The molecule has 3 atom stereocenters. The van der Waals surface area contributed by atoms with Gasteiger partial charge in [-0.15, -0.1) is 0 Å². The summed E-state index contributed by atoms with van der Waals surface area (Å²) in [4.78, 5) is 39.4. The lowest BCUT2D eigenvalue weighted by molar-refractivity contribution is -0.168. The molecule has 1 aliphatic carbocycles. The average molecular weight is 370 g/mol. The number of fused-ring (bicyclic) bond motifs is 2. The zero-order valence-electron chi connectivity index (χ0n) is 16.7. The van der Waals surface area contributed by atoms with Crippen LogP contribution in [0, 0.1) is 16.7 Å². The van der Waals surface area contributed by atoms with Gasteiger partial charge in [0.05, 0.1) is 11.5 Å². The highest BCUT2D eigenvalue weighted by Gasteiger charge is 2.64. The molecule has 1 aromatic rings. The van der Waals surface area contributed by atoms with Crippen LogP contribution in [0.15, 0.2) is 30.3 Å². The molecule has 1 N–H and O–H groups in total. The van der Waals surface area contributed by atoms with Crippen LogP contribution in [0.4, 0.5) is 0 Å². The number of hydrogen-bond donors (Lipinski definition) is 1. The molecule has 1 saturated heterocycles. The van der Waals surface area contributed by atoms with E-state index in [9.17, 15) is 14.4 Å². The average Bonchev–Trinajstić information content (AvgIpc) is 2.82. The summed E-state index contributed by atoms with van der Waals surface area (Å²) in [5.74, 6) is -0.271. The summed E-state index contributed by atoms with van der Waals surface area (Å²) >= 11 is 0. The predicted octanol–water partition coefficient (Wildman–Crippen LogP) is 3.46. The van der Waals surface area contributed by atoms with Crippen molar-refractivity contribution < 1.29 is 14.4 Å². The van der Waals surface area contributed by atoms with Crippen molar-refractivity contribution in [1.29, 1.82) is 0 Å². The van der Waals surface area contributed by atoms with E-state index in [1.165, 1.54) is 4.90 Å². The number of piperidine rings is 1. The van der Waals surface area contributed by atoms with Gasteiger partial charge in [-0.3, -0.25) is 19.3 Å². The van der Waals surface area contributed by atoms with E-state index in [1.54, 1.807) is 0 Å². The van der Waals surface area contributed by atoms with Gasteiger partial charge in [-0.2, -0.15) is 0 Å². The van der Waals surface area contributed by atoms with Crippen LogP contribution < -0.4 is 5.32 Å². The van der Waals surface area contributed by atoms with Gasteiger partial charge in [-0.1, -0.05) is 51.1 Å². The quantitative estimate of drug-likeness (QED) is 0.780. The van der Waals surface area contributed by atoms with Crippen LogP contribution in [0.3, 0.4) is 0 Å². The van der Waals surface area contributed by atoms with Gasteiger partial charge >= 0.3 is 0 Å². The number of benzene rings is 1. The molecule has 3 unspecified atom stereocenters. The number of amides is 3. The van der Waals surface area contributed by atoms with Gasteiger partial charge in [0.15, 0.2) is 0 Å². The molecule has 2 aliphatic rings. The first kappa shape index (κ1) is 19.6. The molecule has 3 rings (SSSR count). The molecule has 3 amide bonds. The number of rotatable bonds is 6. The number of imide groups is 1. The monoisotopic (exact) mass is 370 g/mol. The number of hydrogen-bond acceptors (Lipinski definition) is 3. The van der Waals surface area contributed by atoms with E-state index >= 15 is 0 Å². The maximum atomic E-state index is 13.0. The molecular weight excluding hydrogens is 340 g/mol. The molecule has 1 heterocycles. The number of likely N-dealkylation sites (tertiary alicyclic amines) is 1. The second-order valence-corrected chi connectivity index (χ2v) is 8.74. The van der Waals surface area contributed by atoms with Crippen LogP contribution >= 0.6 is 0 Å². The standard InChI is InChI=1S/C22H30N2O3/c1-15(16-9-6-5-7-10-16)23-18(25)11-8-14-24-19(26)17-12-13-22(4,20(24)27)21(17,2)3/h5-7,9-10,15,17H,8,11-14H2,1-4H3,(H,23,25). The fourth-order valence-corrected chi connectivity index (χ4v) is 4.65. The second kappa shape index (κ2) is 7.10. The molecule has 2 bridgehead atoms. The zero-order valence-corrected chi connectivity index (χ0v) is 16.7. The summed E-state index contributed by atoms with van der Waals surface area (Å²) in [5, 5.41) is 2.98. The van der Waals surface area contributed by atoms with E-state index in [0.717, 1.165) is 18.4 Å². The molecule has 1 saturated carbocycles. The molecule has 5 nitrogen and oxygen atoms in total. The Morgan fingerprint density at radius 2 is 1.89 bits per heavy atom. The highest BCUT2D eigenvalue weighted by molar-refractivity contribution is 6.03. The number of nitrogens with one attached hydrogen (secondary N) is 1. The van der Waals surface area contributed by atoms with Crippen LogP contribution in [0.1, 0.15) is 65.0 Å². The Bertz CT molecular complexity index is 743. The normalized spacial score (nSPS) is 27.6. The largest absolute Gasteiger partial charge is 0.350 e. The molecule has 5 heteroatoms. The van der Waals surface area contributed by atoms with Crippen LogP contribution in [0.2, 0.25) is 0 Å². The molecular formula is C22H30N2O3. The lowest BCUT2D eigenvalue weighted by atomic mass is 9.62. The summed E-state index contributed by atoms with van der Waals surface area (Å²) in [6.07, 6.45) is 2.34. The van der Waals surface area contributed by atoms with E-state index in [-0.39, 0.29) is 35.1 Å². The summed E-state index contributed by atoms with van der Waals surface area (Å²) in [6, 6.07) is 9.74. The Morgan fingerprint density at radius 3 is 2.56 bits per heavy atom. The van der Waals surface area contributed by atoms with Crippen LogP contribution in [0.25, 0.3) is 0 Å². The summed E-state index contributed by atoms with van der Waals surface area (Å²) in [6.45, 7) is 8.34. The van der Waals surface area contributed by atoms with Crippen molar-refractivity contribution in [1.82, 2.24) is 10.2 Å². The lowest BCUT2D eigenvalue weighted by Crippen LogP contribution is -2.59. The van der Waals surface area contributed by atoms with Crippen molar-refractivity contribution >= 4 is 17.7 Å². The Balaban J connectivity index is 1.54. The molecule has 0 spiro atoms. The first-order valence-corrected chi connectivity index (χ1v) is 9.88. The highest BCUT2D eigenvalue weighted by Crippen LogP contribution is 2.60. The van der Waals surface area contributed by atoms with Crippen molar-refractivity contribution in [3.63, 3.8) is 0 Å². The van der Waals surface area contributed by atoms with Gasteiger partial charge in [0.25, 0.3) is 0 Å². The van der Waals surface area contributed by atoms with Crippen LogP contribution in [0.5, 0.6) is 0 Å². The van der Waals surface area contributed by atoms with E-state index in [2.05, 4.69) is 5.32 Å². The maximum absolute atomic E-state index is 13.0. The molecule has 27 heavy (non-hydrogen) atoms. The van der Waals surface area contributed by atoms with Gasteiger partial charge in [0, 0.05) is 18.9 Å². The highest BCUT2D eigenvalue weighted by atomic mass is 16.2. The number of carbonyl (C=O) groups excluding carboxylic acids is 3. The molecule has 2 fully saturated rings. The summed E-state index contributed by atoms with van der Waals surface area (Å²) in [5.41, 5.74) is 0.287. The molecule has 1 aromatic carbocycles. The van der Waals surface area contributed by atoms with Gasteiger partial charge in [-0.05, 0) is 37.2 Å². The third-order valence-electron chi connectivity index (χ3n) is 6.97. The molecule has 1 aliphatic heterocycles. The van der Waals surface area contributed by atoms with Gasteiger partial charge in [0.2, 0.25) is 17.7 Å². The maximum Gasteiger partial charge on any atom is 0.235 e.